The quantitative estimate of drug-likeness (QED) is 0.399. The smallest absolute Gasteiger partial charge is 0.303 e. The average Bonchev–Trinajstić information content (AvgIpc) is 3.00. The lowest BCUT2D eigenvalue weighted by Crippen LogP contribution is -2.29. The van der Waals surface area contributed by atoms with Gasteiger partial charge in [0.25, 0.3) is 5.91 Å². The number of carboxylic acid groups (broad SMARTS) is 1. The summed E-state index contributed by atoms with van der Waals surface area (Å²) in [5.74, 6) is -0.303. The van der Waals surface area contributed by atoms with Crippen LogP contribution in [0.1, 0.15) is 50.3 Å². The molecule has 0 spiro atoms. The van der Waals surface area contributed by atoms with Gasteiger partial charge in [0.05, 0.1) is 4.91 Å². The van der Waals surface area contributed by atoms with Crippen LogP contribution in [-0.4, -0.2) is 32.7 Å². The molecule has 1 aliphatic heterocycles. The van der Waals surface area contributed by atoms with Gasteiger partial charge in [0.1, 0.15) is 16.7 Å². The van der Waals surface area contributed by atoms with Gasteiger partial charge in [-0.1, -0.05) is 81.1 Å². The van der Waals surface area contributed by atoms with E-state index in [0.29, 0.717) is 28.8 Å². The van der Waals surface area contributed by atoms with E-state index in [4.69, 9.17) is 22.1 Å². The molecule has 0 aromatic heterocycles. The van der Waals surface area contributed by atoms with Gasteiger partial charge in [-0.3, -0.25) is 14.5 Å². The van der Waals surface area contributed by atoms with Crippen molar-refractivity contribution in [2.45, 2.75) is 45.6 Å². The van der Waals surface area contributed by atoms with Gasteiger partial charge in [0.2, 0.25) is 0 Å². The first kappa shape index (κ1) is 24.0. The van der Waals surface area contributed by atoms with Crippen LogP contribution in [0.25, 0.3) is 6.08 Å². The SMILES string of the molecule is CC(C)(C)c1ccc(COc2ccc(/C=C3/SC(=S)N(CCCC(=O)O)C3=O)cc2)cc1. The van der Waals surface area contributed by atoms with Crippen molar-refractivity contribution in [3.63, 3.8) is 0 Å². The van der Waals surface area contributed by atoms with E-state index in [0.717, 1.165) is 16.9 Å². The molecule has 1 aliphatic rings. The Kier molecular flexibility index (Phi) is 7.74. The van der Waals surface area contributed by atoms with Crippen LogP contribution in [0.2, 0.25) is 0 Å². The Bertz CT molecular complexity index is 1020. The molecule has 0 aliphatic carbocycles. The van der Waals surface area contributed by atoms with E-state index in [1.807, 2.05) is 24.3 Å². The van der Waals surface area contributed by atoms with Gasteiger partial charge >= 0.3 is 5.97 Å². The molecule has 32 heavy (non-hydrogen) atoms. The second-order valence-electron chi connectivity index (χ2n) is 8.64. The summed E-state index contributed by atoms with van der Waals surface area (Å²) in [7, 11) is 0. The van der Waals surface area contributed by atoms with Crippen molar-refractivity contribution in [3.05, 3.63) is 70.1 Å². The second-order valence-corrected chi connectivity index (χ2v) is 10.3. The first-order valence-electron chi connectivity index (χ1n) is 10.4. The highest BCUT2D eigenvalue weighted by Gasteiger charge is 2.31. The molecule has 0 radical (unpaired) electrons. The van der Waals surface area contributed by atoms with Crippen LogP contribution in [0.5, 0.6) is 5.75 Å². The first-order chi connectivity index (χ1) is 15.1. The predicted molar refractivity (Wildman–Crippen MR) is 133 cm³/mol. The van der Waals surface area contributed by atoms with Gasteiger partial charge in [0.15, 0.2) is 0 Å². The van der Waals surface area contributed by atoms with Crippen LogP contribution in [0.4, 0.5) is 0 Å². The number of amides is 1. The number of thioether (sulfide) groups is 1. The predicted octanol–water partition coefficient (Wildman–Crippen LogP) is 5.63. The highest BCUT2D eigenvalue weighted by molar-refractivity contribution is 8.26. The van der Waals surface area contributed by atoms with Gasteiger partial charge in [-0.05, 0) is 46.7 Å². The van der Waals surface area contributed by atoms with E-state index in [1.165, 1.54) is 22.2 Å². The number of rotatable bonds is 8. The van der Waals surface area contributed by atoms with Crippen LogP contribution in [0.15, 0.2) is 53.4 Å². The maximum absolute atomic E-state index is 12.6. The van der Waals surface area contributed by atoms with Gasteiger partial charge in [-0.15, -0.1) is 0 Å². The number of carboxylic acids is 1. The number of benzene rings is 2. The number of ether oxygens (including phenoxy) is 1. The number of carbonyl (C=O) groups excluding carboxylic acids is 1. The summed E-state index contributed by atoms with van der Waals surface area (Å²) in [5.41, 5.74) is 3.39. The zero-order chi connectivity index (χ0) is 23.3. The highest BCUT2D eigenvalue weighted by atomic mass is 32.2. The Hall–Kier alpha value is -2.64. The Balaban J connectivity index is 1.57. The van der Waals surface area contributed by atoms with E-state index in [9.17, 15) is 9.59 Å². The highest BCUT2D eigenvalue weighted by Crippen LogP contribution is 2.33. The molecule has 0 atom stereocenters. The number of nitrogens with zero attached hydrogens (tertiary/aromatic N) is 1. The Morgan fingerprint density at radius 2 is 1.78 bits per heavy atom. The molecule has 3 rings (SSSR count). The molecule has 5 nitrogen and oxygen atoms in total. The summed E-state index contributed by atoms with van der Waals surface area (Å²) < 4.78 is 6.35. The van der Waals surface area contributed by atoms with E-state index >= 15 is 0 Å². The largest absolute Gasteiger partial charge is 0.489 e. The molecule has 168 valence electrons. The van der Waals surface area contributed by atoms with E-state index in [2.05, 4.69) is 45.0 Å². The van der Waals surface area contributed by atoms with Gasteiger partial charge in [-0.2, -0.15) is 0 Å². The first-order valence-corrected chi connectivity index (χ1v) is 11.7. The Labute approximate surface area is 198 Å². The number of thiocarbonyl (C=S) groups is 1. The molecule has 0 saturated carbocycles. The zero-order valence-electron chi connectivity index (χ0n) is 18.5. The van der Waals surface area contributed by atoms with Crippen molar-refractivity contribution < 1.29 is 19.4 Å². The van der Waals surface area contributed by atoms with Crippen LogP contribution < -0.4 is 4.74 Å². The minimum Gasteiger partial charge on any atom is -0.489 e. The summed E-state index contributed by atoms with van der Waals surface area (Å²) in [6.45, 7) is 7.38. The maximum atomic E-state index is 12.6. The summed E-state index contributed by atoms with van der Waals surface area (Å²) in [6.07, 6.45) is 2.18. The molecule has 1 heterocycles. The van der Waals surface area contributed by atoms with Crippen LogP contribution in [-0.2, 0) is 21.6 Å². The van der Waals surface area contributed by atoms with Crippen molar-refractivity contribution in [2.24, 2.45) is 0 Å². The van der Waals surface area contributed by atoms with Crippen molar-refractivity contribution in [3.8, 4) is 5.75 Å². The maximum Gasteiger partial charge on any atom is 0.303 e. The number of hydrogen-bond acceptors (Lipinski definition) is 5. The summed E-state index contributed by atoms with van der Waals surface area (Å²) in [5, 5.41) is 8.77. The second kappa shape index (κ2) is 10.3. The summed E-state index contributed by atoms with van der Waals surface area (Å²) in [4.78, 5) is 25.3. The number of aliphatic carboxylic acids is 1. The lowest BCUT2D eigenvalue weighted by atomic mass is 9.87. The van der Waals surface area contributed by atoms with Crippen molar-refractivity contribution in [2.75, 3.05) is 6.54 Å². The zero-order valence-corrected chi connectivity index (χ0v) is 20.1. The number of carbonyl (C=O) groups is 2. The Morgan fingerprint density at radius 3 is 2.38 bits per heavy atom. The van der Waals surface area contributed by atoms with E-state index in [1.54, 1.807) is 6.08 Å². The lowest BCUT2D eigenvalue weighted by Gasteiger charge is -2.19. The van der Waals surface area contributed by atoms with Gasteiger partial charge in [0, 0.05) is 13.0 Å². The third-order valence-corrected chi connectivity index (χ3v) is 6.43. The molecule has 1 amide bonds. The third-order valence-electron chi connectivity index (χ3n) is 5.05. The fraction of sp³-hybridized carbons (Fsp3) is 0.320. The van der Waals surface area contributed by atoms with Crippen molar-refractivity contribution >= 4 is 46.3 Å². The molecule has 1 saturated heterocycles. The third kappa shape index (κ3) is 6.43. The van der Waals surface area contributed by atoms with E-state index < -0.39 is 5.97 Å². The molecular formula is C25H27NO4S2. The minimum absolute atomic E-state index is 0.0122. The van der Waals surface area contributed by atoms with Crippen LogP contribution in [0, 0.1) is 0 Å². The topological polar surface area (TPSA) is 66.8 Å². The Morgan fingerprint density at radius 1 is 1.12 bits per heavy atom. The molecule has 1 fully saturated rings. The monoisotopic (exact) mass is 469 g/mol. The van der Waals surface area contributed by atoms with Gasteiger partial charge < -0.3 is 9.84 Å². The fourth-order valence-electron chi connectivity index (χ4n) is 3.16. The normalized spacial score (nSPS) is 15.5. The molecule has 1 N–H and O–H groups in total. The van der Waals surface area contributed by atoms with Crippen LogP contribution >= 0.6 is 24.0 Å². The van der Waals surface area contributed by atoms with Crippen molar-refractivity contribution in [1.82, 2.24) is 4.90 Å². The molecule has 0 unspecified atom stereocenters. The molecule has 0 bridgehead atoms. The summed E-state index contributed by atoms with van der Waals surface area (Å²) in [6, 6.07) is 16.0. The lowest BCUT2D eigenvalue weighted by molar-refractivity contribution is -0.137. The summed E-state index contributed by atoms with van der Waals surface area (Å²) >= 11 is 6.52. The average molecular weight is 470 g/mol. The standard InChI is InChI=1S/C25H27NO4S2/c1-25(2,3)19-10-6-18(7-11-19)16-30-20-12-8-17(9-13-20)15-21-23(29)26(24(31)32-21)14-4-5-22(27)28/h6-13,15H,4-5,14,16H2,1-3H3,(H,27,28)/b21-15+. The van der Waals surface area contributed by atoms with Crippen LogP contribution in [0.3, 0.4) is 0 Å². The molecule has 2 aromatic rings. The number of hydrogen-bond donors (Lipinski definition) is 1. The molecule has 7 heteroatoms. The van der Waals surface area contributed by atoms with E-state index in [-0.39, 0.29) is 17.7 Å². The fourth-order valence-corrected chi connectivity index (χ4v) is 4.47. The molecule has 2 aromatic carbocycles. The van der Waals surface area contributed by atoms with Crippen molar-refractivity contribution in [1.29, 1.82) is 0 Å². The minimum atomic E-state index is -0.879. The van der Waals surface area contributed by atoms with Gasteiger partial charge in [-0.25, -0.2) is 0 Å². The molecular weight excluding hydrogens is 442 g/mol.